The summed E-state index contributed by atoms with van der Waals surface area (Å²) in [5, 5.41) is 4.73. The molecule has 1 aromatic carbocycles. The number of nitrogens with two attached hydrogens (primary N) is 1. The number of hydrogen-bond acceptors (Lipinski definition) is 4. The zero-order valence-electron chi connectivity index (χ0n) is 9.94. The number of nitrogens with zero attached hydrogens (tertiary/aromatic N) is 3. The van der Waals surface area contributed by atoms with Gasteiger partial charge in [0.2, 0.25) is 5.89 Å². The first-order valence-corrected chi connectivity index (χ1v) is 5.79. The fourth-order valence-electron chi connectivity index (χ4n) is 1.88. The average Bonchev–Trinajstić information content (AvgIpc) is 2.82. The summed E-state index contributed by atoms with van der Waals surface area (Å²) in [6, 6.07) is 5.29. The largest absolute Gasteiger partial charge is 0.435 e. The SMILES string of the molecule is Cc1cc(-c2nc3cc(Cl)c(N)cc3o2)n(C)n1. The molecule has 5 nitrogen and oxygen atoms in total. The molecule has 0 amide bonds. The average molecular weight is 263 g/mol. The van der Waals surface area contributed by atoms with Gasteiger partial charge in [-0.25, -0.2) is 4.98 Å². The molecule has 0 spiro atoms. The molecule has 3 aromatic rings. The number of benzene rings is 1. The Morgan fingerprint density at radius 3 is 2.78 bits per heavy atom. The molecule has 92 valence electrons. The summed E-state index contributed by atoms with van der Waals surface area (Å²) in [4.78, 5) is 4.39. The van der Waals surface area contributed by atoms with Crippen molar-refractivity contribution in [2.75, 3.05) is 5.73 Å². The first-order valence-electron chi connectivity index (χ1n) is 5.41. The lowest BCUT2D eigenvalue weighted by molar-refractivity contribution is 0.606. The second-order valence-corrected chi connectivity index (χ2v) is 4.56. The quantitative estimate of drug-likeness (QED) is 0.685. The van der Waals surface area contributed by atoms with Crippen LogP contribution in [-0.2, 0) is 7.05 Å². The molecule has 18 heavy (non-hydrogen) atoms. The number of fused-ring (bicyclic) bond motifs is 1. The van der Waals surface area contributed by atoms with Gasteiger partial charge >= 0.3 is 0 Å². The molecule has 2 N–H and O–H groups in total. The van der Waals surface area contributed by atoms with E-state index in [1.807, 2.05) is 20.0 Å². The van der Waals surface area contributed by atoms with Crippen molar-refractivity contribution < 1.29 is 4.42 Å². The van der Waals surface area contributed by atoms with Crippen molar-refractivity contribution >= 4 is 28.4 Å². The second kappa shape index (κ2) is 3.74. The summed E-state index contributed by atoms with van der Waals surface area (Å²) in [6.45, 7) is 1.92. The van der Waals surface area contributed by atoms with E-state index >= 15 is 0 Å². The normalized spacial score (nSPS) is 11.3. The summed E-state index contributed by atoms with van der Waals surface area (Å²) < 4.78 is 7.40. The van der Waals surface area contributed by atoms with Crippen molar-refractivity contribution in [1.82, 2.24) is 14.8 Å². The number of halogens is 1. The van der Waals surface area contributed by atoms with Gasteiger partial charge in [0, 0.05) is 13.1 Å². The van der Waals surface area contributed by atoms with Crippen molar-refractivity contribution in [3.63, 3.8) is 0 Å². The van der Waals surface area contributed by atoms with Gasteiger partial charge in [0.25, 0.3) is 0 Å². The molecule has 0 saturated heterocycles. The lowest BCUT2D eigenvalue weighted by atomic mass is 10.3. The first-order chi connectivity index (χ1) is 8.54. The third-order valence-electron chi connectivity index (χ3n) is 2.73. The Morgan fingerprint density at radius 1 is 1.33 bits per heavy atom. The van der Waals surface area contributed by atoms with Gasteiger partial charge in [-0.05, 0) is 19.1 Å². The predicted octanol–water partition coefficient (Wildman–Crippen LogP) is 2.77. The van der Waals surface area contributed by atoms with E-state index in [-0.39, 0.29) is 0 Å². The van der Waals surface area contributed by atoms with Crippen molar-refractivity contribution in [3.05, 3.63) is 28.9 Å². The highest BCUT2D eigenvalue weighted by Gasteiger charge is 2.14. The van der Waals surface area contributed by atoms with Crippen LogP contribution >= 0.6 is 11.6 Å². The Balaban J connectivity index is 2.22. The van der Waals surface area contributed by atoms with Gasteiger partial charge in [-0.1, -0.05) is 11.6 Å². The van der Waals surface area contributed by atoms with Crippen molar-refractivity contribution in [2.45, 2.75) is 6.92 Å². The smallest absolute Gasteiger partial charge is 0.245 e. The number of oxazole rings is 1. The highest BCUT2D eigenvalue weighted by atomic mass is 35.5. The van der Waals surface area contributed by atoms with E-state index in [1.165, 1.54) is 0 Å². The Labute approximate surface area is 108 Å². The van der Waals surface area contributed by atoms with Gasteiger partial charge in [0.1, 0.15) is 11.2 Å². The molecule has 0 aliphatic heterocycles. The van der Waals surface area contributed by atoms with Gasteiger partial charge < -0.3 is 10.2 Å². The maximum absolute atomic E-state index is 5.95. The highest BCUT2D eigenvalue weighted by Crippen LogP contribution is 2.29. The summed E-state index contributed by atoms with van der Waals surface area (Å²) in [5.74, 6) is 0.509. The molecule has 0 saturated carbocycles. The zero-order chi connectivity index (χ0) is 12.9. The van der Waals surface area contributed by atoms with Gasteiger partial charge in [-0.3, -0.25) is 4.68 Å². The molecule has 2 aromatic heterocycles. The molecular formula is C12H11ClN4O. The highest BCUT2D eigenvalue weighted by molar-refractivity contribution is 6.33. The molecule has 2 heterocycles. The molecule has 0 bridgehead atoms. The lowest BCUT2D eigenvalue weighted by Crippen LogP contribution is -1.93. The van der Waals surface area contributed by atoms with Crippen LogP contribution in [0, 0.1) is 6.92 Å². The van der Waals surface area contributed by atoms with Crippen LogP contribution in [0.5, 0.6) is 0 Å². The summed E-state index contributed by atoms with van der Waals surface area (Å²) in [7, 11) is 1.85. The van der Waals surface area contributed by atoms with E-state index in [9.17, 15) is 0 Å². The fraction of sp³-hybridized carbons (Fsp3) is 0.167. The van der Waals surface area contributed by atoms with Crippen LogP contribution in [0.4, 0.5) is 5.69 Å². The number of anilines is 1. The Bertz CT molecular complexity index is 705. The van der Waals surface area contributed by atoms with E-state index in [0.717, 1.165) is 11.4 Å². The predicted molar refractivity (Wildman–Crippen MR) is 70.4 cm³/mol. The molecule has 0 fully saturated rings. The molecule has 0 aliphatic rings. The topological polar surface area (TPSA) is 69.9 Å². The van der Waals surface area contributed by atoms with Crippen molar-refractivity contribution in [1.29, 1.82) is 0 Å². The maximum atomic E-state index is 5.95. The van der Waals surface area contributed by atoms with E-state index in [1.54, 1.807) is 16.8 Å². The molecular weight excluding hydrogens is 252 g/mol. The van der Waals surface area contributed by atoms with Crippen LogP contribution in [0.15, 0.2) is 22.6 Å². The summed E-state index contributed by atoms with van der Waals surface area (Å²) in [6.07, 6.45) is 0. The Hall–Kier alpha value is -2.01. The molecule has 0 atom stereocenters. The number of aryl methyl sites for hydroxylation is 2. The molecule has 3 rings (SSSR count). The monoisotopic (exact) mass is 262 g/mol. The van der Waals surface area contributed by atoms with Crippen LogP contribution in [-0.4, -0.2) is 14.8 Å². The zero-order valence-corrected chi connectivity index (χ0v) is 10.7. The summed E-state index contributed by atoms with van der Waals surface area (Å²) >= 11 is 5.95. The number of aromatic nitrogens is 3. The minimum absolute atomic E-state index is 0.475. The maximum Gasteiger partial charge on any atom is 0.245 e. The van der Waals surface area contributed by atoms with E-state index in [0.29, 0.717) is 27.7 Å². The number of hydrogen-bond donors (Lipinski definition) is 1. The van der Waals surface area contributed by atoms with Gasteiger partial charge in [-0.15, -0.1) is 0 Å². The van der Waals surface area contributed by atoms with Gasteiger partial charge in [0.05, 0.1) is 16.4 Å². The second-order valence-electron chi connectivity index (χ2n) is 4.16. The van der Waals surface area contributed by atoms with Crippen LogP contribution < -0.4 is 5.73 Å². The van der Waals surface area contributed by atoms with Crippen LogP contribution in [0.1, 0.15) is 5.69 Å². The lowest BCUT2D eigenvalue weighted by Gasteiger charge is -1.94. The first kappa shape index (κ1) is 11.1. The third-order valence-corrected chi connectivity index (χ3v) is 3.06. The number of nitrogen functional groups attached to an aromatic ring is 1. The van der Waals surface area contributed by atoms with E-state index < -0.39 is 0 Å². The molecule has 0 radical (unpaired) electrons. The van der Waals surface area contributed by atoms with E-state index in [4.69, 9.17) is 21.8 Å². The minimum Gasteiger partial charge on any atom is -0.435 e. The standard InChI is InChI=1S/C12H11ClN4O/c1-6-3-10(17(2)16-6)12-15-9-4-7(13)8(14)5-11(9)18-12/h3-5H,14H2,1-2H3. The fourth-order valence-corrected chi connectivity index (χ4v) is 2.04. The summed E-state index contributed by atoms with van der Waals surface area (Å²) in [5.41, 5.74) is 9.24. The van der Waals surface area contributed by atoms with Crippen LogP contribution in [0.2, 0.25) is 5.02 Å². The molecule has 0 aliphatic carbocycles. The minimum atomic E-state index is 0.475. The van der Waals surface area contributed by atoms with E-state index in [2.05, 4.69) is 10.1 Å². The Morgan fingerprint density at radius 2 is 2.11 bits per heavy atom. The van der Waals surface area contributed by atoms with Crippen LogP contribution in [0.25, 0.3) is 22.7 Å². The molecule has 0 unspecified atom stereocenters. The Kier molecular flexibility index (Phi) is 2.31. The van der Waals surface area contributed by atoms with Gasteiger partial charge in [0.15, 0.2) is 5.58 Å². The van der Waals surface area contributed by atoms with Gasteiger partial charge in [-0.2, -0.15) is 5.10 Å². The number of rotatable bonds is 1. The van der Waals surface area contributed by atoms with Crippen molar-refractivity contribution in [2.24, 2.45) is 7.05 Å². The van der Waals surface area contributed by atoms with Crippen molar-refractivity contribution in [3.8, 4) is 11.6 Å². The van der Waals surface area contributed by atoms with Crippen LogP contribution in [0.3, 0.4) is 0 Å². The third kappa shape index (κ3) is 1.64. The molecule has 6 heteroatoms.